The first-order valence-corrected chi connectivity index (χ1v) is 14.6. The van der Waals surface area contributed by atoms with Crippen LogP contribution in [0.25, 0.3) is 0 Å². The lowest BCUT2D eigenvalue weighted by Crippen LogP contribution is -2.47. The fourth-order valence-corrected chi connectivity index (χ4v) is 6.50. The van der Waals surface area contributed by atoms with Crippen LogP contribution >= 0.6 is 23.2 Å². The Balaban J connectivity index is 1.16. The molecule has 7 nitrogen and oxygen atoms in total. The van der Waals surface area contributed by atoms with Crippen LogP contribution in [0, 0.1) is 0 Å². The average molecular weight is 582 g/mol. The molecule has 3 aliphatic heterocycles. The van der Waals surface area contributed by atoms with E-state index in [0.717, 1.165) is 67.3 Å². The van der Waals surface area contributed by atoms with Gasteiger partial charge >= 0.3 is 6.03 Å². The minimum atomic E-state index is -0.730. The highest BCUT2D eigenvalue weighted by Gasteiger charge is 2.48. The zero-order chi connectivity index (χ0) is 27.9. The van der Waals surface area contributed by atoms with Crippen molar-refractivity contribution < 1.29 is 14.3 Å². The third-order valence-electron chi connectivity index (χ3n) is 8.24. The second kappa shape index (κ2) is 10.8. The summed E-state index contributed by atoms with van der Waals surface area (Å²) in [4.78, 5) is 22.0. The van der Waals surface area contributed by atoms with Gasteiger partial charge < -0.3 is 19.7 Å². The fourth-order valence-electron chi connectivity index (χ4n) is 6.18. The van der Waals surface area contributed by atoms with Crippen molar-refractivity contribution in [3.63, 3.8) is 0 Å². The van der Waals surface area contributed by atoms with Gasteiger partial charge in [0.1, 0.15) is 5.15 Å². The van der Waals surface area contributed by atoms with Gasteiger partial charge in [0.2, 0.25) is 5.79 Å². The minimum absolute atomic E-state index is 0.121. The number of benzene rings is 2. The number of ether oxygens (including phenoxy) is 2. The summed E-state index contributed by atoms with van der Waals surface area (Å²) in [6, 6.07) is 15.7. The lowest BCUT2D eigenvalue weighted by atomic mass is 9.74. The maximum Gasteiger partial charge on any atom is 0.322 e. The van der Waals surface area contributed by atoms with Crippen molar-refractivity contribution in [3.8, 4) is 11.5 Å². The summed E-state index contributed by atoms with van der Waals surface area (Å²) in [5, 5.41) is 4.27. The summed E-state index contributed by atoms with van der Waals surface area (Å²) in [6.45, 7) is 7.85. The summed E-state index contributed by atoms with van der Waals surface area (Å²) in [6.07, 6.45) is 5.75. The topological polar surface area (TPSA) is 66.9 Å². The van der Waals surface area contributed by atoms with E-state index in [-0.39, 0.29) is 11.4 Å². The molecular weight excluding hydrogens is 547 g/mol. The Morgan fingerprint density at radius 1 is 1.00 bits per heavy atom. The van der Waals surface area contributed by atoms with E-state index in [2.05, 4.69) is 33.4 Å². The number of halogens is 2. The molecule has 1 saturated heterocycles. The van der Waals surface area contributed by atoms with Crippen molar-refractivity contribution in [2.45, 2.75) is 57.3 Å². The predicted octanol–water partition coefficient (Wildman–Crippen LogP) is 6.59. The molecule has 2 amide bonds. The van der Waals surface area contributed by atoms with Gasteiger partial charge in [-0.2, -0.15) is 0 Å². The first kappa shape index (κ1) is 27.2. The smallest absolute Gasteiger partial charge is 0.322 e. The molecule has 40 heavy (non-hydrogen) atoms. The average Bonchev–Trinajstić information content (AvgIpc) is 3.40. The molecule has 1 spiro atoms. The molecular formula is C31H34Cl2N4O3. The van der Waals surface area contributed by atoms with Crippen molar-refractivity contribution >= 4 is 34.9 Å². The lowest BCUT2D eigenvalue weighted by molar-refractivity contribution is -0.0431. The molecule has 3 aromatic rings. The summed E-state index contributed by atoms with van der Waals surface area (Å²) in [7, 11) is 0. The van der Waals surface area contributed by atoms with E-state index in [9.17, 15) is 4.79 Å². The standard InChI is InChI=1S/C31H34Cl2N4O3/c1-30(2)39-26-17-24-25(18-27(26)40-30)37(29(38)35-19-22-9-12-34-28(33)16-22)20-31(24)10-14-36(15-11-31)13-3-4-21-5-7-23(32)8-6-21/h5-9,12,16-18H,3-4,10-11,13-15,19-20H2,1-2H3,(H,35,38). The molecule has 1 fully saturated rings. The van der Waals surface area contributed by atoms with Crippen LogP contribution in [0.4, 0.5) is 10.5 Å². The van der Waals surface area contributed by atoms with Crippen LogP contribution in [0.5, 0.6) is 11.5 Å². The normalized spacial score (nSPS) is 18.6. The maximum absolute atomic E-state index is 13.6. The molecule has 6 rings (SSSR count). The Morgan fingerprint density at radius 2 is 1.73 bits per heavy atom. The Hall–Kier alpha value is -3.00. The summed E-state index contributed by atoms with van der Waals surface area (Å²) >= 11 is 12.1. The number of urea groups is 1. The van der Waals surface area contributed by atoms with Crippen LogP contribution in [0.1, 0.15) is 49.8 Å². The molecule has 0 atom stereocenters. The van der Waals surface area contributed by atoms with Gasteiger partial charge in [0.15, 0.2) is 11.5 Å². The van der Waals surface area contributed by atoms with E-state index in [4.69, 9.17) is 32.7 Å². The number of carbonyl (C=O) groups excluding carboxylic acids is 1. The molecule has 1 N–H and O–H groups in total. The molecule has 9 heteroatoms. The number of fused-ring (bicyclic) bond motifs is 3. The number of pyridine rings is 1. The largest absolute Gasteiger partial charge is 0.449 e. The quantitative estimate of drug-likeness (QED) is 0.333. The summed E-state index contributed by atoms with van der Waals surface area (Å²) in [5.41, 5.74) is 4.18. The predicted molar refractivity (Wildman–Crippen MR) is 158 cm³/mol. The molecule has 2 aromatic carbocycles. The number of hydrogen-bond donors (Lipinski definition) is 1. The summed E-state index contributed by atoms with van der Waals surface area (Å²) in [5.74, 6) is 0.701. The monoisotopic (exact) mass is 580 g/mol. The third kappa shape index (κ3) is 5.60. The van der Waals surface area contributed by atoms with E-state index in [0.29, 0.717) is 24.0 Å². The lowest BCUT2D eigenvalue weighted by Gasteiger charge is -2.40. The van der Waals surface area contributed by atoms with Crippen LogP contribution in [-0.4, -0.2) is 47.9 Å². The molecule has 0 saturated carbocycles. The number of piperidine rings is 1. The SMILES string of the molecule is CC1(C)Oc2cc3c(cc2O1)C1(CCN(CCCc2ccc(Cl)cc2)CC1)CN3C(=O)NCc1ccnc(Cl)c1. The van der Waals surface area contributed by atoms with Gasteiger partial charge in [0, 0.05) is 49.6 Å². The van der Waals surface area contributed by atoms with Crippen LogP contribution < -0.4 is 19.7 Å². The second-order valence-corrected chi connectivity index (χ2v) is 12.3. The van der Waals surface area contributed by atoms with Crippen molar-refractivity contribution in [2.24, 2.45) is 0 Å². The number of rotatable bonds is 6. The van der Waals surface area contributed by atoms with Gasteiger partial charge in [-0.3, -0.25) is 4.90 Å². The van der Waals surface area contributed by atoms with E-state index >= 15 is 0 Å². The van der Waals surface area contributed by atoms with Crippen LogP contribution in [0.2, 0.25) is 10.2 Å². The number of nitrogens with one attached hydrogen (secondary N) is 1. The number of hydrogen-bond acceptors (Lipinski definition) is 5. The molecule has 0 radical (unpaired) electrons. The molecule has 210 valence electrons. The Labute approximate surface area is 245 Å². The van der Waals surface area contributed by atoms with Gasteiger partial charge in [-0.05, 0) is 92.3 Å². The van der Waals surface area contributed by atoms with Gasteiger partial charge in [-0.1, -0.05) is 35.3 Å². The van der Waals surface area contributed by atoms with Gasteiger partial charge in [0.25, 0.3) is 0 Å². The first-order chi connectivity index (χ1) is 19.2. The highest BCUT2D eigenvalue weighted by atomic mass is 35.5. The minimum Gasteiger partial charge on any atom is -0.449 e. The number of aromatic nitrogens is 1. The Bertz CT molecular complexity index is 1400. The molecule has 4 heterocycles. The van der Waals surface area contributed by atoms with Crippen molar-refractivity contribution in [2.75, 3.05) is 31.1 Å². The Kier molecular flexibility index (Phi) is 7.32. The van der Waals surface area contributed by atoms with Crippen molar-refractivity contribution in [3.05, 3.63) is 81.6 Å². The fraction of sp³-hybridized carbons (Fsp3) is 0.419. The molecule has 0 bridgehead atoms. The Morgan fingerprint density at radius 3 is 2.45 bits per heavy atom. The van der Waals surface area contributed by atoms with Crippen molar-refractivity contribution in [1.29, 1.82) is 0 Å². The molecule has 0 aliphatic carbocycles. The third-order valence-corrected chi connectivity index (χ3v) is 8.70. The van der Waals surface area contributed by atoms with Crippen LogP contribution in [0.3, 0.4) is 0 Å². The van der Waals surface area contributed by atoms with Gasteiger partial charge in [0.05, 0.1) is 5.69 Å². The number of amides is 2. The van der Waals surface area contributed by atoms with E-state index in [1.165, 1.54) is 11.1 Å². The zero-order valence-electron chi connectivity index (χ0n) is 22.9. The van der Waals surface area contributed by atoms with Gasteiger partial charge in [-0.15, -0.1) is 0 Å². The van der Waals surface area contributed by atoms with Crippen LogP contribution in [-0.2, 0) is 18.4 Å². The second-order valence-electron chi connectivity index (χ2n) is 11.5. The number of aryl methyl sites for hydroxylation is 1. The number of anilines is 1. The van der Waals surface area contributed by atoms with E-state index < -0.39 is 5.79 Å². The van der Waals surface area contributed by atoms with Crippen LogP contribution in [0.15, 0.2) is 54.7 Å². The van der Waals surface area contributed by atoms with E-state index in [1.807, 2.05) is 43.0 Å². The van der Waals surface area contributed by atoms with E-state index in [1.54, 1.807) is 12.3 Å². The van der Waals surface area contributed by atoms with Crippen molar-refractivity contribution in [1.82, 2.24) is 15.2 Å². The maximum atomic E-state index is 13.6. The number of carbonyl (C=O) groups is 1. The summed E-state index contributed by atoms with van der Waals surface area (Å²) < 4.78 is 12.2. The number of likely N-dealkylation sites (tertiary alicyclic amines) is 1. The first-order valence-electron chi connectivity index (χ1n) is 13.9. The van der Waals surface area contributed by atoms with Gasteiger partial charge in [-0.25, -0.2) is 9.78 Å². The highest BCUT2D eigenvalue weighted by molar-refractivity contribution is 6.30. The molecule has 1 aromatic heterocycles. The highest BCUT2D eigenvalue weighted by Crippen LogP contribution is 2.53. The molecule has 3 aliphatic rings. The zero-order valence-corrected chi connectivity index (χ0v) is 24.4. The number of nitrogens with zero attached hydrogens (tertiary/aromatic N) is 3. The molecule has 0 unspecified atom stereocenters.